The smallest absolute Gasteiger partial charge is 0.135 e. The van der Waals surface area contributed by atoms with Gasteiger partial charge < -0.3 is 9.52 Å². The van der Waals surface area contributed by atoms with Crippen molar-refractivity contribution in [3.63, 3.8) is 0 Å². The van der Waals surface area contributed by atoms with Gasteiger partial charge in [0.15, 0.2) is 0 Å². The molecule has 3 heteroatoms. The highest BCUT2D eigenvalue weighted by Gasteiger charge is 2.14. The summed E-state index contributed by atoms with van der Waals surface area (Å²) in [5, 5.41) is 11.0. The van der Waals surface area contributed by atoms with Crippen LogP contribution in [0.1, 0.15) is 89.4 Å². The molecule has 2 nitrogen and oxygen atoms in total. The molecule has 0 fully saturated rings. The van der Waals surface area contributed by atoms with Crippen LogP contribution < -0.4 is 0 Å². The Morgan fingerprint density at radius 2 is 1.46 bits per heavy atom. The third kappa shape index (κ3) is 7.17. The van der Waals surface area contributed by atoms with Gasteiger partial charge in [0.2, 0.25) is 0 Å². The van der Waals surface area contributed by atoms with Gasteiger partial charge in [0, 0.05) is 5.56 Å². The molecule has 0 radical (unpaired) electrons. The van der Waals surface area contributed by atoms with Gasteiger partial charge in [0.1, 0.15) is 17.6 Å². The fraction of sp³-hybridized carbons (Fsp3) is 0.565. The van der Waals surface area contributed by atoms with Crippen LogP contribution in [0.5, 0.6) is 0 Å². The van der Waals surface area contributed by atoms with Crippen molar-refractivity contribution >= 4 is 11.6 Å². The van der Waals surface area contributed by atoms with Crippen LogP contribution in [-0.2, 0) is 0 Å². The fourth-order valence-electron chi connectivity index (χ4n) is 3.31. The average Bonchev–Trinajstić information content (AvgIpc) is 3.13. The highest BCUT2D eigenvalue weighted by Crippen LogP contribution is 2.31. The minimum absolute atomic E-state index is 0.528. The van der Waals surface area contributed by atoms with E-state index in [1.165, 1.54) is 57.8 Å². The summed E-state index contributed by atoms with van der Waals surface area (Å²) in [6, 6.07) is 11.4. The Morgan fingerprint density at radius 1 is 0.846 bits per heavy atom. The van der Waals surface area contributed by atoms with E-state index >= 15 is 0 Å². The third-order valence-electron chi connectivity index (χ3n) is 4.93. The topological polar surface area (TPSA) is 33.4 Å². The molecule has 0 amide bonds. The van der Waals surface area contributed by atoms with Gasteiger partial charge in [-0.25, -0.2) is 0 Å². The van der Waals surface area contributed by atoms with Gasteiger partial charge in [-0.1, -0.05) is 94.9 Å². The summed E-state index contributed by atoms with van der Waals surface area (Å²) in [6.07, 6.45) is 13.2. The lowest BCUT2D eigenvalue weighted by Crippen LogP contribution is -1.95. The molecule has 1 heterocycles. The van der Waals surface area contributed by atoms with Crippen LogP contribution in [0.15, 0.2) is 40.8 Å². The number of hydrogen-bond donors (Lipinski definition) is 1. The first-order valence-electron chi connectivity index (χ1n) is 10.2. The molecule has 1 unspecified atom stereocenters. The van der Waals surface area contributed by atoms with Crippen molar-refractivity contribution in [1.82, 2.24) is 0 Å². The molecule has 1 atom stereocenters. The zero-order valence-electron chi connectivity index (χ0n) is 16.1. The summed E-state index contributed by atoms with van der Waals surface area (Å²) in [6.45, 7) is 2.26. The SMILES string of the molecule is CCCCCCCCCCCCC(O)c1ccc(-c2ccccc2Cl)o1. The van der Waals surface area contributed by atoms with E-state index in [1.807, 2.05) is 36.4 Å². The molecule has 0 spiro atoms. The van der Waals surface area contributed by atoms with Gasteiger partial charge in [0.25, 0.3) is 0 Å². The summed E-state index contributed by atoms with van der Waals surface area (Å²) in [7, 11) is 0. The molecular formula is C23H33ClO2. The zero-order chi connectivity index (χ0) is 18.6. The number of aliphatic hydroxyl groups excluding tert-OH is 1. The van der Waals surface area contributed by atoms with Crippen LogP contribution in [0.25, 0.3) is 11.3 Å². The molecule has 0 aliphatic rings. The van der Waals surface area contributed by atoms with Gasteiger partial charge in [-0.3, -0.25) is 0 Å². The van der Waals surface area contributed by atoms with Crippen LogP contribution >= 0.6 is 11.6 Å². The van der Waals surface area contributed by atoms with E-state index in [-0.39, 0.29) is 0 Å². The Morgan fingerprint density at radius 3 is 2.12 bits per heavy atom. The minimum Gasteiger partial charge on any atom is -0.458 e. The molecule has 1 aromatic heterocycles. The van der Waals surface area contributed by atoms with Crippen molar-refractivity contribution in [3.8, 4) is 11.3 Å². The van der Waals surface area contributed by atoms with Crippen LogP contribution in [0.3, 0.4) is 0 Å². The Kier molecular flexibility index (Phi) is 9.87. The first-order valence-corrected chi connectivity index (χ1v) is 10.6. The Hall–Kier alpha value is -1.25. The lowest BCUT2D eigenvalue weighted by atomic mass is 10.0. The molecule has 0 aliphatic heterocycles. The van der Waals surface area contributed by atoms with E-state index in [2.05, 4.69) is 6.92 Å². The molecular weight excluding hydrogens is 344 g/mol. The largest absolute Gasteiger partial charge is 0.458 e. The third-order valence-corrected chi connectivity index (χ3v) is 5.26. The Bertz CT molecular complexity index is 620. The molecule has 2 rings (SSSR count). The maximum atomic E-state index is 10.3. The molecule has 0 aliphatic carbocycles. The molecule has 0 bridgehead atoms. The minimum atomic E-state index is -0.528. The number of unbranched alkanes of at least 4 members (excludes halogenated alkanes) is 9. The van der Waals surface area contributed by atoms with E-state index in [9.17, 15) is 5.11 Å². The summed E-state index contributed by atoms with van der Waals surface area (Å²) in [5.74, 6) is 1.35. The van der Waals surface area contributed by atoms with Gasteiger partial charge in [-0.15, -0.1) is 0 Å². The summed E-state index contributed by atoms with van der Waals surface area (Å²) in [4.78, 5) is 0. The van der Waals surface area contributed by atoms with Crippen molar-refractivity contribution in [2.45, 2.75) is 83.7 Å². The van der Waals surface area contributed by atoms with Crippen molar-refractivity contribution in [2.75, 3.05) is 0 Å². The van der Waals surface area contributed by atoms with Crippen molar-refractivity contribution in [3.05, 3.63) is 47.2 Å². The zero-order valence-corrected chi connectivity index (χ0v) is 16.8. The molecule has 0 saturated carbocycles. The number of furan rings is 1. The van der Waals surface area contributed by atoms with Crippen molar-refractivity contribution in [2.24, 2.45) is 0 Å². The highest BCUT2D eigenvalue weighted by atomic mass is 35.5. The van der Waals surface area contributed by atoms with E-state index in [0.717, 1.165) is 18.4 Å². The van der Waals surface area contributed by atoms with E-state index in [1.54, 1.807) is 0 Å². The second kappa shape index (κ2) is 12.2. The second-order valence-corrected chi connectivity index (χ2v) is 7.58. The monoisotopic (exact) mass is 376 g/mol. The predicted molar refractivity (Wildman–Crippen MR) is 111 cm³/mol. The standard InChI is InChI=1S/C23H33ClO2/c1-2-3-4-5-6-7-8-9-10-11-16-21(25)23-18-17-22(26-23)19-14-12-13-15-20(19)24/h12-15,17-18,21,25H,2-11,16H2,1H3. The normalized spacial score (nSPS) is 12.4. The molecule has 1 aromatic carbocycles. The van der Waals surface area contributed by atoms with Crippen LogP contribution in [-0.4, -0.2) is 5.11 Å². The molecule has 144 valence electrons. The predicted octanol–water partition coefficient (Wildman–Crippen LogP) is 7.94. The maximum Gasteiger partial charge on any atom is 0.135 e. The van der Waals surface area contributed by atoms with Gasteiger partial charge in [-0.05, 0) is 30.7 Å². The number of aliphatic hydroxyl groups is 1. The maximum absolute atomic E-state index is 10.3. The highest BCUT2D eigenvalue weighted by molar-refractivity contribution is 6.33. The van der Waals surface area contributed by atoms with Crippen LogP contribution in [0.2, 0.25) is 5.02 Å². The molecule has 26 heavy (non-hydrogen) atoms. The quantitative estimate of drug-likeness (QED) is 0.360. The second-order valence-electron chi connectivity index (χ2n) is 7.17. The first-order chi connectivity index (χ1) is 12.7. The summed E-state index contributed by atoms with van der Waals surface area (Å²) in [5.41, 5.74) is 0.867. The van der Waals surface area contributed by atoms with E-state index < -0.39 is 6.10 Å². The van der Waals surface area contributed by atoms with Crippen LogP contribution in [0, 0.1) is 0 Å². The number of benzene rings is 1. The summed E-state index contributed by atoms with van der Waals surface area (Å²) >= 11 is 6.20. The van der Waals surface area contributed by atoms with Crippen LogP contribution in [0.4, 0.5) is 0 Å². The fourth-order valence-corrected chi connectivity index (χ4v) is 3.53. The van der Waals surface area contributed by atoms with Gasteiger partial charge in [0.05, 0.1) is 5.02 Å². The molecule has 0 saturated heterocycles. The number of halogens is 1. The van der Waals surface area contributed by atoms with E-state index in [4.69, 9.17) is 16.0 Å². The van der Waals surface area contributed by atoms with Gasteiger partial charge in [-0.2, -0.15) is 0 Å². The van der Waals surface area contributed by atoms with Crippen molar-refractivity contribution < 1.29 is 9.52 Å². The lowest BCUT2D eigenvalue weighted by molar-refractivity contribution is 0.137. The first kappa shape index (κ1) is 21.1. The Balaban J connectivity index is 1.62. The van der Waals surface area contributed by atoms with Crippen molar-refractivity contribution in [1.29, 1.82) is 0 Å². The lowest BCUT2D eigenvalue weighted by Gasteiger charge is -2.08. The van der Waals surface area contributed by atoms with Gasteiger partial charge >= 0.3 is 0 Å². The number of rotatable bonds is 13. The molecule has 2 aromatic rings. The Labute approximate surface area is 163 Å². The average molecular weight is 377 g/mol. The summed E-state index contributed by atoms with van der Waals surface area (Å²) < 4.78 is 5.82. The molecule has 1 N–H and O–H groups in total. The van der Waals surface area contributed by atoms with E-state index in [0.29, 0.717) is 16.5 Å². The number of hydrogen-bond acceptors (Lipinski definition) is 2.